The highest BCUT2D eigenvalue weighted by Gasteiger charge is 2.15. The maximum atomic E-state index is 10.8. The Labute approximate surface area is 177 Å². The number of fused-ring (bicyclic) bond motifs is 1. The Bertz CT molecular complexity index is 1070. The largest absolute Gasteiger partial charge is 0.497 e. The van der Waals surface area contributed by atoms with Gasteiger partial charge in [0.15, 0.2) is 0 Å². The van der Waals surface area contributed by atoms with E-state index in [4.69, 9.17) is 4.74 Å². The van der Waals surface area contributed by atoms with Crippen molar-refractivity contribution in [2.75, 3.05) is 20.2 Å². The molecule has 0 amide bonds. The molecule has 0 aliphatic carbocycles. The second-order valence-corrected chi connectivity index (χ2v) is 7.63. The molecule has 0 aliphatic heterocycles. The number of rotatable bonds is 9. The minimum atomic E-state index is -0.423. The van der Waals surface area contributed by atoms with Crippen molar-refractivity contribution in [2.45, 2.75) is 19.1 Å². The summed E-state index contributed by atoms with van der Waals surface area (Å²) in [4.78, 5) is 0. The summed E-state index contributed by atoms with van der Waals surface area (Å²) in [6.07, 6.45) is 0.588. The van der Waals surface area contributed by atoms with E-state index in [-0.39, 0.29) is 0 Å². The first kappa shape index (κ1) is 20.2. The van der Waals surface area contributed by atoms with Crippen LogP contribution in [-0.4, -0.2) is 36.0 Å². The molecule has 1 heterocycles. The van der Waals surface area contributed by atoms with Crippen LogP contribution in [0, 0.1) is 0 Å². The average Bonchev–Trinajstić information content (AvgIpc) is 3.16. The Morgan fingerprint density at radius 1 is 0.933 bits per heavy atom. The molecule has 0 saturated carbocycles. The summed E-state index contributed by atoms with van der Waals surface area (Å²) in [7, 11) is 1.68. The van der Waals surface area contributed by atoms with E-state index in [0.717, 1.165) is 35.5 Å². The number of hydrogen-bond donors (Lipinski definition) is 2. The van der Waals surface area contributed by atoms with Gasteiger partial charge in [0.2, 0.25) is 0 Å². The van der Waals surface area contributed by atoms with Gasteiger partial charge in [-0.25, -0.2) is 0 Å². The van der Waals surface area contributed by atoms with Crippen LogP contribution in [0.25, 0.3) is 22.2 Å². The monoisotopic (exact) mass is 401 g/mol. The zero-order chi connectivity index (χ0) is 20.8. The molecule has 154 valence electrons. The van der Waals surface area contributed by atoms with E-state index in [1.807, 2.05) is 18.2 Å². The first-order valence-electron chi connectivity index (χ1n) is 10.5. The first-order chi connectivity index (χ1) is 14.7. The highest BCUT2D eigenvalue weighted by Crippen LogP contribution is 2.29. The molecule has 1 atom stereocenters. The van der Waals surface area contributed by atoms with Gasteiger partial charge in [-0.3, -0.25) is 0 Å². The highest BCUT2D eigenvalue weighted by molar-refractivity contribution is 5.87. The first-order valence-corrected chi connectivity index (χ1v) is 10.5. The predicted octanol–water partition coefficient (Wildman–Crippen LogP) is 3.48. The summed E-state index contributed by atoms with van der Waals surface area (Å²) in [5.74, 6) is 0.842. The van der Waals surface area contributed by atoms with Gasteiger partial charge < -0.3 is 19.7 Å². The lowest BCUT2D eigenvalue weighted by Gasteiger charge is -2.15. The van der Waals surface area contributed by atoms with Crippen LogP contribution in [-0.2, 0) is 13.0 Å². The van der Waals surface area contributed by atoms with Crippen LogP contribution < -0.4 is 10.1 Å². The number of benzene rings is 3. The van der Waals surface area contributed by atoms with Crippen LogP contribution >= 0.6 is 0 Å². The van der Waals surface area contributed by atoms with Crippen molar-refractivity contribution in [2.24, 2.45) is 0 Å². The van der Waals surface area contributed by atoms with Crippen molar-refractivity contribution in [3.63, 3.8) is 0 Å². The van der Waals surface area contributed by atoms with E-state index in [9.17, 15) is 5.11 Å². The van der Waals surface area contributed by atoms with Crippen molar-refractivity contribution < 1.29 is 15.2 Å². The molecule has 0 radical (unpaired) electrons. The maximum Gasteiger partial charge on any atom is 0.121 e. The molecule has 0 aliphatic rings. The summed E-state index contributed by atoms with van der Waals surface area (Å²) >= 11 is 0. The number of nitrogens with two attached hydrogens (primary N) is 1. The normalized spacial score (nSPS) is 12.2. The molecule has 0 bridgehead atoms. The topological polar surface area (TPSA) is 51.0 Å². The summed E-state index contributed by atoms with van der Waals surface area (Å²) in [5, 5.41) is 14.1. The van der Waals surface area contributed by atoms with Crippen molar-refractivity contribution >= 4 is 10.9 Å². The van der Waals surface area contributed by atoms with Gasteiger partial charge in [0, 0.05) is 23.0 Å². The molecule has 0 unspecified atom stereocenters. The third-order valence-electron chi connectivity index (χ3n) is 5.51. The van der Waals surface area contributed by atoms with Crippen molar-refractivity contribution in [1.29, 1.82) is 0 Å². The van der Waals surface area contributed by atoms with Crippen molar-refractivity contribution in [1.82, 2.24) is 4.57 Å². The van der Waals surface area contributed by atoms with Gasteiger partial charge >= 0.3 is 0 Å². The van der Waals surface area contributed by atoms with Crippen LogP contribution in [0.2, 0.25) is 0 Å². The quantitative estimate of drug-likeness (QED) is 0.422. The van der Waals surface area contributed by atoms with Gasteiger partial charge in [-0.2, -0.15) is 0 Å². The number of para-hydroxylation sites is 1. The highest BCUT2D eigenvalue weighted by atomic mass is 16.5. The second-order valence-electron chi connectivity index (χ2n) is 7.63. The van der Waals surface area contributed by atoms with Crippen LogP contribution in [0.15, 0.2) is 84.9 Å². The van der Waals surface area contributed by atoms with Gasteiger partial charge in [0.25, 0.3) is 0 Å². The molecule has 4 heteroatoms. The lowest BCUT2D eigenvalue weighted by Crippen LogP contribution is -2.87. The fourth-order valence-electron chi connectivity index (χ4n) is 3.92. The van der Waals surface area contributed by atoms with E-state index in [0.29, 0.717) is 13.1 Å². The van der Waals surface area contributed by atoms with Crippen LogP contribution in [0.1, 0.15) is 5.56 Å². The third kappa shape index (κ3) is 4.73. The molecule has 4 aromatic rings. The lowest BCUT2D eigenvalue weighted by atomic mass is 10.1. The maximum absolute atomic E-state index is 10.8. The molecule has 30 heavy (non-hydrogen) atoms. The molecule has 4 nitrogen and oxygen atoms in total. The van der Waals surface area contributed by atoms with Crippen LogP contribution in [0.3, 0.4) is 0 Å². The van der Waals surface area contributed by atoms with E-state index < -0.39 is 6.10 Å². The summed E-state index contributed by atoms with van der Waals surface area (Å²) in [6, 6.07) is 29.1. The molecular formula is C26H29N2O2+. The molecule has 4 rings (SSSR count). The fraction of sp³-hybridized carbons (Fsp3) is 0.231. The van der Waals surface area contributed by atoms with Crippen molar-refractivity contribution in [3.8, 4) is 17.0 Å². The van der Waals surface area contributed by atoms with Gasteiger partial charge in [0.05, 0.1) is 20.2 Å². The van der Waals surface area contributed by atoms with Crippen LogP contribution in [0.5, 0.6) is 5.75 Å². The molecule has 0 spiro atoms. The van der Waals surface area contributed by atoms with Crippen LogP contribution in [0.4, 0.5) is 0 Å². The zero-order valence-corrected chi connectivity index (χ0v) is 17.4. The number of ether oxygens (including phenoxy) is 1. The molecule has 3 N–H and O–H groups in total. The van der Waals surface area contributed by atoms with E-state index in [1.165, 1.54) is 10.9 Å². The standard InChI is InChI=1S/C26H28N2O2/c1-30-24-13-11-21(12-14-24)26-17-22-9-5-6-10-25(22)28(26)19-23(29)18-27-16-15-20-7-3-2-4-8-20/h2-14,17,23,27,29H,15-16,18-19H2,1H3/p+1/t23-/m1/s1. The number of methoxy groups -OCH3 is 1. The van der Waals surface area contributed by atoms with E-state index in [1.54, 1.807) is 7.11 Å². The Morgan fingerprint density at radius 3 is 2.43 bits per heavy atom. The summed E-state index contributed by atoms with van der Waals surface area (Å²) < 4.78 is 7.52. The number of aromatic nitrogens is 1. The number of hydrogen-bond acceptors (Lipinski definition) is 2. The smallest absolute Gasteiger partial charge is 0.121 e. The SMILES string of the molecule is COc1ccc(-c2cc3ccccc3n2C[C@H](O)C[NH2+]CCc2ccccc2)cc1. The predicted molar refractivity (Wildman–Crippen MR) is 122 cm³/mol. The second kappa shape index (κ2) is 9.61. The molecule has 0 saturated heterocycles. The Hall–Kier alpha value is -3.08. The molecular weight excluding hydrogens is 372 g/mol. The van der Waals surface area contributed by atoms with Crippen molar-refractivity contribution in [3.05, 3.63) is 90.5 Å². The zero-order valence-electron chi connectivity index (χ0n) is 17.4. The van der Waals surface area contributed by atoms with E-state index in [2.05, 4.69) is 76.6 Å². The number of aliphatic hydroxyl groups excluding tert-OH is 1. The fourth-order valence-corrected chi connectivity index (χ4v) is 3.92. The third-order valence-corrected chi connectivity index (χ3v) is 5.51. The number of quaternary nitrogens is 1. The van der Waals surface area contributed by atoms with E-state index >= 15 is 0 Å². The molecule has 0 fully saturated rings. The van der Waals surface area contributed by atoms with Gasteiger partial charge in [-0.05, 0) is 47.5 Å². The van der Waals surface area contributed by atoms with Gasteiger partial charge in [-0.15, -0.1) is 0 Å². The van der Waals surface area contributed by atoms with Gasteiger partial charge in [0.1, 0.15) is 18.4 Å². The molecule has 1 aromatic heterocycles. The minimum absolute atomic E-state index is 0.423. The minimum Gasteiger partial charge on any atom is -0.497 e. The number of aliphatic hydroxyl groups is 1. The Kier molecular flexibility index (Phi) is 6.47. The number of nitrogens with zero attached hydrogens (tertiary/aromatic N) is 1. The van der Waals surface area contributed by atoms with Gasteiger partial charge in [-0.1, -0.05) is 48.5 Å². The lowest BCUT2D eigenvalue weighted by molar-refractivity contribution is -0.660. The molecule has 3 aromatic carbocycles. The Balaban J connectivity index is 1.46. The average molecular weight is 402 g/mol. The summed E-state index contributed by atoms with van der Waals surface area (Å²) in [5.41, 5.74) is 4.71. The summed E-state index contributed by atoms with van der Waals surface area (Å²) in [6.45, 7) is 2.22. The Morgan fingerprint density at radius 2 is 1.67 bits per heavy atom.